The molecule has 21 nitrogen and oxygen atoms in total. The van der Waals surface area contributed by atoms with Crippen LogP contribution in [0.1, 0.15) is 61.8 Å². The largest absolute Gasteiger partial charge is 0.465 e. The number of ether oxygens (including phenoxy) is 11. The summed E-state index contributed by atoms with van der Waals surface area (Å²) in [6.45, 7) is 6.96. The third-order valence-corrected chi connectivity index (χ3v) is 9.48. The summed E-state index contributed by atoms with van der Waals surface area (Å²) in [5, 5.41) is 14.5. The van der Waals surface area contributed by atoms with E-state index in [0.717, 1.165) is 41.7 Å². The molecule has 64 heavy (non-hydrogen) atoms. The number of aliphatic hydroxyl groups excluding tert-OH is 1. The predicted molar refractivity (Wildman–Crippen MR) is 213 cm³/mol. The van der Waals surface area contributed by atoms with Gasteiger partial charge in [0.05, 0.1) is 43.9 Å². The van der Waals surface area contributed by atoms with E-state index in [1.54, 1.807) is 36.4 Å². The molecule has 0 saturated carbocycles. The van der Waals surface area contributed by atoms with E-state index >= 15 is 0 Å². The molecule has 0 aromatic heterocycles. The second kappa shape index (κ2) is 23.4. The first-order valence-corrected chi connectivity index (χ1v) is 19.8. The van der Waals surface area contributed by atoms with E-state index in [0.29, 0.717) is 0 Å². The molecule has 21 heteroatoms. The normalized spacial score (nSPS) is 26.0. The van der Waals surface area contributed by atoms with Crippen molar-refractivity contribution in [1.29, 1.82) is 0 Å². The summed E-state index contributed by atoms with van der Waals surface area (Å²) in [4.78, 5) is 103. The first kappa shape index (κ1) is 50.4. The molecule has 4 rings (SSSR count). The maximum absolute atomic E-state index is 14.0. The summed E-state index contributed by atoms with van der Waals surface area (Å²) in [6.07, 6.45) is -14.9. The zero-order valence-corrected chi connectivity index (χ0v) is 35.9. The molecule has 348 valence electrons. The smallest absolute Gasteiger partial charge is 0.366 e. The Kier molecular flexibility index (Phi) is 18.4. The molecule has 2 aliphatic rings. The van der Waals surface area contributed by atoms with Crippen molar-refractivity contribution in [3.8, 4) is 0 Å². The van der Waals surface area contributed by atoms with Gasteiger partial charge >= 0.3 is 41.8 Å². The highest BCUT2D eigenvalue weighted by molar-refractivity contribution is 5.90. The summed E-state index contributed by atoms with van der Waals surface area (Å²) >= 11 is 0. The van der Waals surface area contributed by atoms with Crippen LogP contribution in [0.5, 0.6) is 0 Å². The van der Waals surface area contributed by atoms with Gasteiger partial charge in [0.15, 0.2) is 30.7 Å². The molecule has 11 atom stereocenters. The number of nitrogens with one attached hydrogen (secondary N) is 1. The zero-order valence-electron chi connectivity index (χ0n) is 35.9. The molecule has 2 unspecified atom stereocenters. The quantitative estimate of drug-likeness (QED) is 0.114. The van der Waals surface area contributed by atoms with Crippen LogP contribution in [-0.4, -0.2) is 147 Å². The predicted octanol–water partition coefficient (Wildman–Crippen LogP) is 1.26. The van der Waals surface area contributed by atoms with Crippen LogP contribution >= 0.6 is 0 Å². The van der Waals surface area contributed by atoms with E-state index in [1.807, 2.05) is 0 Å². The van der Waals surface area contributed by atoms with Crippen molar-refractivity contribution in [1.82, 2.24) is 5.32 Å². The topological polar surface area (TPSA) is 270 Å². The van der Waals surface area contributed by atoms with Crippen molar-refractivity contribution in [2.75, 3.05) is 26.9 Å². The van der Waals surface area contributed by atoms with Gasteiger partial charge in [-0.2, -0.15) is 0 Å². The van der Waals surface area contributed by atoms with Gasteiger partial charge in [-0.3, -0.25) is 24.0 Å². The highest BCUT2D eigenvalue weighted by Gasteiger charge is 2.60. The Balaban J connectivity index is 1.82. The van der Waals surface area contributed by atoms with Gasteiger partial charge in [-0.25, -0.2) is 14.4 Å². The number of carbonyl (C=O) groups is 8. The number of carbonyl (C=O) groups excluding carboxylic acids is 8. The van der Waals surface area contributed by atoms with Crippen LogP contribution in [0.15, 0.2) is 73.3 Å². The molecule has 2 aromatic rings. The number of benzene rings is 2. The molecule has 2 heterocycles. The molecular weight excluding hydrogens is 850 g/mol. The lowest BCUT2D eigenvalue weighted by Gasteiger charge is -2.49. The van der Waals surface area contributed by atoms with Crippen molar-refractivity contribution >= 4 is 47.7 Å². The lowest BCUT2D eigenvalue weighted by atomic mass is 9.87. The van der Waals surface area contributed by atoms with Crippen LogP contribution < -0.4 is 5.32 Å². The highest BCUT2D eigenvalue weighted by atomic mass is 16.8. The highest BCUT2D eigenvalue weighted by Crippen LogP contribution is 2.38. The van der Waals surface area contributed by atoms with Crippen LogP contribution in [0, 0.1) is 0 Å². The molecule has 0 aliphatic carbocycles. The average molecular weight is 902 g/mol. The Morgan fingerprint density at radius 2 is 1.39 bits per heavy atom. The van der Waals surface area contributed by atoms with Gasteiger partial charge in [0.25, 0.3) is 5.79 Å². The van der Waals surface area contributed by atoms with Crippen molar-refractivity contribution in [3.63, 3.8) is 0 Å². The molecule has 2 fully saturated rings. The first-order chi connectivity index (χ1) is 30.4. The Hall–Kier alpha value is -6.26. The number of methoxy groups -OCH3 is 1. The molecule has 2 N–H and O–H groups in total. The van der Waals surface area contributed by atoms with E-state index in [-0.39, 0.29) is 17.7 Å². The van der Waals surface area contributed by atoms with Gasteiger partial charge in [-0.05, 0) is 24.3 Å². The lowest BCUT2D eigenvalue weighted by Crippen LogP contribution is -2.70. The fourth-order valence-corrected chi connectivity index (χ4v) is 6.88. The lowest BCUT2D eigenvalue weighted by molar-refractivity contribution is -0.338. The maximum Gasteiger partial charge on any atom is 0.366 e. The number of esters is 7. The van der Waals surface area contributed by atoms with Crippen LogP contribution in [0.2, 0.25) is 0 Å². The van der Waals surface area contributed by atoms with Gasteiger partial charge < -0.3 is 62.5 Å². The van der Waals surface area contributed by atoms with E-state index in [9.17, 15) is 43.5 Å². The Morgan fingerprint density at radius 3 is 1.89 bits per heavy atom. The van der Waals surface area contributed by atoms with Gasteiger partial charge in [-0.1, -0.05) is 42.5 Å². The minimum absolute atomic E-state index is 0.0605. The number of rotatable bonds is 19. The van der Waals surface area contributed by atoms with Gasteiger partial charge in [0, 0.05) is 34.6 Å². The zero-order chi connectivity index (χ0) is 47.1. The van der Waals surface area contributed by atoms with Crippen molar-refractivity contribution < 1.29 is 95.6 Å². The van der Waals surface area contributed by atoms with Crippen molar-refractivity contribution in [2.45, 2.75) is 108 Å². The minimum Gasteiger partial charge on any atom is -0.465 e. The second-order valence-electron chi connectivity index (χ2n) is 14.4. The van der Waals surface area contributed by atoms with Crippen LogP contribution in [0.3, 0.4) is 0 Å². The summed E-state index contributed by atoms with van der Waals surface area (Å²) in [5.41, 5.74) is 0.156. The molecule has 2 saturated heterocycles. The number of hydrogen-bond acceptors (Lipinski definition) is 20. The van der Waals surface area contributed by atoms with E-state index < -0.39 is 134 Å². The fourth-order valence-electron chi connectivity index (χ4n) is 6.88. The maximum atomic E-state index is 14.0. The standard InChI is InChI=1S/C43H51NO20/c1-8-19-55-41-38(63-40(52)29-17-13-10-14-18-29)37(62-39(51)28-15-11-9-12-16-28)34(50)31(61-41)22-57-43(42(53)54-7)20-30(58-25(4)47)33(44-23(2)45)36(64-43)35(60-27(6)49)32(59-26(5)48)21-56-24(3)46/h8-18,30-38,41,50H,1,19-22H2,2-7H3,(H,44,45)/t30-,31+,32?,33+,34-,35?,36+,37-,38+,41-,43+/m0/s1. The van der Waals surface area contributed by atoms with Crippen LogP contribution in [-0.2, 0) is 80.9 Å². The number of hydrogen-bond donors (Lipinski definition) is 2. The number of amides is 1. The van der Waals surface area contributed by atoms with Crippen molar-refractivity contribution in [2.24, 2.45) is 0 Å². The monoisotopic (exact) mass is 901 g/mol. The molecule has 0 spiro atoms. The average Bonchev–Trinajstić information content (AvgIpc) is 3.25. The third-order valence-electron chi connectivity index (χ3n) is 9.48. The molecule has 2 aromatic carbocycles. The van der Waals surface area contributed by atoms with E-state index in [2.05, 4.69) is 11.9 Å². The summed E-state index contributed by atoms with van der Waals surface area (Å²) < 4.78 is 62.8. The SMILES string of the molecule is C=CCO[C@H]1O[C@H](CO[C@]2(C(=O)OC)C[C@H](OC(C)=O)[C@@H](NC(C)=O)[C@H](C(OC(C)=O)C(COC(C)=O)OC(C)=O)O2)[C@H](O)[C@H](OC(=O)c2ccccc2)[C@H]1OC(=O)c1ccccc1. The minimum atomic E-state index is -2.72. The van der Waals surface area contributed by atoms with Gasteiger partial charge in [-0.15, -0.1) is 6.58 Å². The van der Waals surface area contributed by atoms with Gasteiger partial charge in [0.1, 0.15) is 31.0 Å². The fraction of sp³-hybridized carbons (Fsp3) is 0.488. The van der Waals surface area contributed by atoms with Crippen LogP contribution in [0.4, 0.5) is 0 Å². The summed E-state index contributed by atoms with van der Waals surface area (Å²) in [6, 6.07) is 13.9. The Morgan fingerprint density at radius 1 is 0.812 bits per heavy atom. The van der Waals surface area contributed by atoms with E-state index in [4.69, 9.17) is 52.1 Å². The summed E-state index contributed by atoms with van der Waals surface area (Å²) in [5.74, 6) is -10.3. The number of aliphatic hydroxyl groups is 1. The Bertz CT molecular complexity index is 1980. The van der Waals surface area contributed by atoms with Crippen molar-refractivity contribution in [3.05, 3.63) is 84.4 Å². The van der Waals surface area contributed by atoms with E-state index in [1.165, 1.54) is 30.3 Å². The first-order valence-electron chi connectivity index (χ1n) is 19.8. The summed E-state index contributed by atoms with van der Waals surface area (Å²) in [7, 11) is 0.953. The van der Waals surface area contributed by atoms with Gasteiger partial charge in [0.2, 0.25) is 5.91 Å². The molecule has 0 radical (unpaired) electrons. The Labute approximate surface area is 367 Å². The third kappa shape index (κ3) is 13.6. The molecule has 0 bridgehead atoms. The molecular formula is C43H51NO20. The second-order valence-corrected chi connectivity index (χ2v) is 14.4. The molecule has 2 aliphatic heterocycles. The van der Waals surface area contributed by atoms with Crippen LogP contribution in [0.25, 0.3) is 0 Å². The molecule has 1 amide bonds.